The van der Waals surface area contributed by atoms with E-state index in [0.29, 0.717) is 37.7 Å². The maximum atomic E-state index is 12.0. The fourth-order valence-corrected chi connectivity index (χ4v) is 1.69. The van der Waals surface area contributed by atoms with Gasteiger partial charge in [0.15, 0.2) is 0 Å². The minimum absolute atomic E-state index is 0.257. The molecule has 21 heavy (non-hydrogen) atoms. The van der Waals surface area contributed by atoms with Gasteiger partial charge in [0, 0.05) is 20.8 Å². The number of nitrogens with one attached hydrogen (secondary N) is 1. The summed E-state index contributed by atoms with van der Waals surface area (Å²) in [6, 6.07) is 4.96. The van der Waals surface area contributed by atoms with Crippen LogP contribution in [0.5, 0.6) is 5.75 Å². The summed E-state index contributed by atoms with van der Waals surface area (Å²) in [5, 5.41) is 2.79. The molecule has 6 nitrogen and oxygen atoms in total. The Kier molecular flexibility index (Phi) is 7.74. The highest BCUT2D eigenvalue weighted by Gasteiger charge is 2.15. The zero-order chi connectivity index (χ0) is 15.7. The van der Waals surface area contributed by atoms with E-state index in [0.717, 1.165) is 5.56 Å². The van der Waals surface area contributed by atoms with E-state index in [9.17, 15) is 4.79 Å². The lowest BCUT2D eigenvalue weighted by molar-refractivity contribution is -0.117. The topological polar surface area (TPSA) is 82.8 Å². The minimum Gasteiger partial charge on any atom is -0.489 e. The molecular weight excluding hydrogens is 272 g/mol. The molecule has 0 saturated carbocycles. The number of aryl methyl sites for hydroxylation is 1. The molecule has 0 aromatic heterocycles. The van der Waals surface area contributed by atoms with Gasteiger partial charge >= 0.3 is 0 Å². The van der Waals surface area contributed by atoms with Crippen LogP contribution in [0.1, 0.15) is 12.0 Å². The lowest BCUT2D eigenvalue weighted by Gasteiger charge is -2.15. The van der Waals surface area contributed by atoms with Gasteiger partial charge in [-0.25, -0.2) is 0 Å². The second-order valence-electron chi connectivity index (χ2n) is 4.72. The van der Waals surface area contributed by atoms with Crippen molar-refractivity contribution < 1.29 is 19.0 Å². The molecule has 1 aromatic carbocycles. The molecule has 0 spiro atoms. The average molecular weight is 296 g/mol. The molecule has 0 bridgehead atoms. The highest BCUT2D eigenvalue weighted by molar-refractivity contribution is 5.95. The summed E-state index contributed by atoms with van der Waals surface area (Å²) in [6.45, 7) is 3.30. The number of ether oxygens (including phenoxy) is 3. The van der Waals surface area contributed by atoms with Crippen molar-refractivity contribution in [2.45, 2.75) is 19.4 Å². The third-order valence-electron chi connectivity index (χ3n) is 2.91. The van der Waals surface area contributed by atoms with Crippen LogP contribution in [0.3, 0.4) is 0 Å². The number of benzene rings is 1. The van der Waals surface area contributed by atoms with E-state index in [1.807, 2.05) is 19.1 Å². The molecule has 1 aromatic rings. The van der Waals surface area contributed by atoms with Crippen LogP contribution in [0.4, 0.5) is 5.69 Å². The number of anilines is 1. The first-order valence-electron chi connectivity index (χ1n) is 6.86. The molecule has 1 atom stereocenters. The standard InChI is InChI=1S/C15H24N2O4/c1-11-4-5-13(14(10-11)21-9-8-20-3)17-15(18)12(16)6-7-19-2/h4-5,10,12H,6-9,16H2,1-3H3,(H,17,18). The summed E-state index contributed by atoms with van der Waals surface area (Å²) >= 11 is 0. The monoisotopic (exact) mass is 296 g/mol. The number of hydrogen-bond acceptors (Lipinski definition) is 5. The first kappa shape index (κ1) is 17.4. The molecule has 3 N–H and O–H groups in total. The van der Waals surface area contributed by atoms with Gasteiger partial charge in [-0.1, -0.05) is 6.07 Å². The van der Waals surface area contributed by atoms with E-state index in [1.54, 1.807) is 20.3 Å². The number of nitrogens with two attached hydrogens (primary N) is 1. The number of amides is 1. The van der Waals surface area contributed by atoms with Gasteiger partial charge in [-0.05, 0) is 31.0 Å². The molecule has 0 aliphatic rings. The molecule has 1 unspecified atom stereocenters. The Bertz CT molecular complexity index is 451. The largest absolute Gasteiger partial charge is 0.489 e. The van der Waals surface area contributed by atoms with Crippen LogP contribution in [-0.2, 0) is 14.3 Å². The number of rotatable bonds is 9. The average Bonchev–Trinajstić information content (AvgIpc) is 2.47. The lowest BCUT2D eigenvalue weighted by atomic mass is 10.2. The molecule has 0 fully saturated rings. The highest BCUT2D eigenvalue weighted by Crippen LogP contribution is 2.26. The van der Waals surface area contributed by atoms with Crippen molar-refractivity contribution in [2.24, 2.45) is 5.73 Å². The summed E-state index contributed by atoms with van der Waals surface area (Å²) in [7, 11) is 3.18. The van der Waals surface area contributed by atoms with E-state index >= 15 is 0 Å². The van der Waals surface area contributed by atoms with Gasteiger partial charge in [0.1, 0.15) is 12.4 Å². The van der Waals surface area contributed by atoms with Crippen molar-refractivity contribution in [1.29, 1.82) is 0 Å². The zero-order valence-electron chi connectivity index (χ0n) is 12.8. The molecule has 0 aliphatic heterocycles. The molecule has 118 valence electrons. The van der Waals surface area contributed by atoms with Crippen molar-refractivity contribution in [3.05, 3.63) is 23.8 Å². The van der Waals surface area contributed by atoms with Crippen molar-refractivity contribution in [3.8, 4) is 5.75 Å². The second kappa shape index (κ2) is 9.33. The molecule has 1 amide bonds. The van der Waals surface area contributed by atoms with E-state index in [4.69, 9.17) is 19.9 Å². The Labute approximate surface area is 125 Å². The third kappa shape index (κ3) is 6.12. The van der Waals surface area contributed by atoms with Crippen LogP contribution in [0.2, 0.25) is 0 Å². The Balaban J connectivity index is 2.70. The van der Waals surface area contributed by atoms with Gasteiger partial charge in [0.05, 0.1) is 18.3 Å². The zero-order valence-corrected chi connectivity index (χ0v) is 12.8. The molecule has 0 radical (unpaired) electrons. The van der Waals surface area contributed by atoms with Crippen molar-refractivity contribution in [2.75, 3.05) is 39.4 Å². The number of hydrogen-bond donors (Lipinski definition) is 2. The lowest BCUT2D eigenvalue weighted by Crippen LogP contribution is -2.36. The third-order valence-corrected chi connectivity index (χ3v) is 2.91. The summed E-state index contributed by atoms with van der Waals surface area (Å²) in [5.74, 6) is 0.354. The van der Waals surface area contributed by atoms with Gasteiger partial charge < -0.3 is 25.3 Å². The summed E-state index contributed by atoms with van der Waals surface area (Å²) in [6.07, 6.45) is 0.466. The molecule has 0 aliphatic carbocycles. The first-order valence-corrected chi connectivity index (χ1v) is 6.86. The summed E-state index contributed by atoms with van der Waals surface area (Å²) < 4.78 is 15.5. The molecular formula is C15H24N2O4. The maximum Gasteiger partial charge on any atom is 0.241 e. The Morgan fingerprint density at radius 2 is 1.95 bits per heavy atom. The predicted octanol–water partition coefficient (Wildman–Crippen LogP) is 1.32. The first-order chi connectivity index (χ1) is 10.1. The predicted molar refractivity (Wildman–Crippen MR) is 81.6 cm³/mol. The second-order valence-corrected chi connectivity index (χ2v) is 4.72. The van der Waals surface area contributed by atoms with Crippen LogP contribution < -0.4 is 15.8 Å². The van der Waals surface area contributed by atoms with Crippen LogP contribution in [0, 0.1) is 6.92 Å². The maximum absolute atomic E-state index is 12.0. The normalized spacial score (nSPS) is 12.0. The highest BCUT2D eigenvalue weighted by atomic mass is 16.5. The smallest absolute Gasteiger partial charge is 0.241 e. The van der Waals surface area contributed by atoms with Crippen molar-refractivity contribution >= 4 is 11.6 Å². The summed E-state index contributed by atoms with van der Waals surface area (Å²) in [5.41, 5.74) is 7.45. The number of methoxy groups -OCH3 is 2. The van der Waals surface area contributed by atoms with Crippen LogP contribution in [-0.4, -0.2) is 46.0 Å². The van der Waals surface area contributed by atoms with Crippen LogP contribution >= 0.6 is 0 Å². The van der Waals surface area contributed by atoms with E-state index in [1.165, 1.54) is 0 Å². The van der Waals surface area contributed by atoms with E-state index in [-0.39, 0.29) is 5.91 Å². The van der Waals surface area contributed by atoms with Crippen molar-refractivity contribution in [3.63, 3.8) is 0 Å². The van der Waals surface area contributed by atoms with E-state index in [2.05, 4.69) is 5.32 Å². The Morgan fingerprint density at radius 1 is 1.24 bits per heavy atom. The van der Waals surface area contributed by atoms with Crippen molar-refractivity contribution in [1.82, 2.24) is 0 Å². The molecule has 0 heterocycles. The van der Waals surface area contributed by atoms with Gasteiger partial charge in [0.2, 0.25) is 5.91 Å². The Morgan fingerprint density at radius 3 is 2.62 bits per heavy atom. The fraction of sp³-hybridized carbons (Fsp3) is 0.533. The fourth-order valence-electron chi connectivity index (χ4n) is 1.69. The Hall–Kier alpha value is -1.63. The quantitative estimate of drug-likeness (QED) is 0.672. The van der Waals surface area contributed by atoms with Gasteiger partial charge in [0.25, 0.3) is 0 Å². The molecule has 1 rings (SSSR count). The minimum atomic E-state index is -0.613. The SMILES string of the molecule is COCCOc1cc(C)ccc1NC(=O)C(N)CCOC. The van der Waals surface area contributed by atoms with E-state index < -0.39 is 6.04 Å². The number of carbonyl (C=O) groups excluding carboxylic acids is 1. The molecule has 6 heteroatoms. The van der Waals surface area contributed by atoms with Gasteiger partial charge in [-0.2, -0.15) is 0 Å². The van der Waals surface area contributed by atoms with Crippen LogP contribution in [0.25, 0.3) is 0 Å². The van der Waals surface area contributed by atoms with Gasteiger partial charge in [-0.15, -0.1) is 0 Å². The van der Waals surface area contributed by atoms with Gasteiger partial charge in [-0.3, -0.25) is 4.79 Å². The van der Waals surface area contributed by atoms with Crippen LogP contribution in [0.15, 0.2) is 18.2 Å². The molecule has 0 saturated heterocycles. The summed E-state index contributed by atoms with van der Waals surface area (Å²) in [4.78, 5) is 12.0. The number of carbonyl (C=O) groups is 1.